The van der Waals surface area contributed by atoms with Gasteiger partial charge in [-0.05, 0) is 72.9 Å². The molecule has 0 unspecified atom stereocenters. The number of amides is 2. The maximum Gasteiger partial charge on any atom is 0.303 e. The molecule has 1 aliphatic heterocycles. The van der Waals surface area contributed by atoms with Crippen LogP contribution >= 0.6 is 0 Å². The lowest BCUT2D eigenvalue weighted by molar-refractivity contribution is -0.141. The number of carboxylic acids is 1. The fourth-order valence-corrected chi connectivity index (χ4v) is 6.58. The number of imide groups is 1. The number of carbonyl (C=O) groups is 3. The van der Waals surface area contributed by atoms with Gasteiger partial charge in [0.15, 0.2) is 0 Å². The number of carbonyl (C=O) groups excluding carboxylic acids is 2. The second kappa shape index (κ2) is 14.8. The van der Waals surface area contributed by atoms with E-state index in [9.17, 15) is 29.7 Å². The molecule has 2 amide bonds. The highest BCUT2D eigenvalue weighted by Crippen LogP contribution is 2.48. The molecule has 0 saturated carbocycles. The molecule has 2 aliphatic rings. The Kier molecular flexibility index (Phi) is 11.1. The Hall–Kier alpha value is -3.53. The zero-order chi connectivity index (χ0) is 31.1. The number of hydrogen-bond acceptors (Lipinski definition) is 7. The number of aliphatic hydroxyl groups excluding tert-OH is 3. The number of unbranched alkanes of at least 4 members (excludes halogenated alkanes) is 2. The molecule has 0 spiro atoms. The van der Waals surface area contributed by atoms with Gasteiger partial charge in [-0.25, -0.2) is 0 Å². The summed E-state index contributed by atoms with van der Waals surface area (Å²) in [5, 5.41) is 40.5. The highest BCUT2D eigenvalue weighted by molar-refractivity contribution is 6.05. The zero-order valence-corrected chi connectivity index (χ0v) is 24.9. The maximum absolute atomic E-state index is 13.6. The quantitative estimate of drug-likeness (QED) is 0.132. The molecule has 1 aromatic carbocycles. The van der Waals surface area contributed by atoms with Gasteiger partial charge in [0.05, 0.1) is 24.5 Å². The molecule has 43 heavy (non-hydrogen) atoms. The lowest BCUT2D eigenvalue weighted by atomic mass is 9.66. The lowest BCUT2D eigenvalue weighted by Crippen LogP contribution is -2.40. The Balaban J connectivity index is 1.55. The van der Waals surface area contributed by atoms with Gasteiger partial charge in [-0.1, -0.05) is 56.2 Å². The van der Waals surface area contributed by atoms with E-state index in [4.69, 9.17) is 9.52 Å². The Morgan fingerprint density at radius 3 is 2.40 bits per heavy atom. The van der Waals surface area contributed by atoms with Crippen molar-refractivity contribution in [1.82, 2.24) is 4.90 Å². The van der Waals surface area contributed by atoms with Crippen molar-refractivity contribution in [2.45, 2.75) is 71.5 Å². The summed E-state index contributed by atoms with van der Waals surface area (Å²) in [6.45, 7) is 3.68. The van der Waals surface area contributed by atoms with Crippen molar-refractivity contribution in [3.05, 3.63) is 70.7 Å². The topological polar surface area (TPSA) is 149 Å². The molecule has 1 aliphatic carbocycles. The van der Waals surface area contributed by atoms with Crippen LogP contribution in [0.4, 0.5) is 0 Å². The molecule has 2 heterocycles. The fraction of sp³-hybridized carbons (Fsp3) is 0.500. The third-order valence-electron chi connectivity index (χ3n) is 8.72. The minimum atomic E-state index is -0.930. The van der Waals surface area contributed by atoms with Crippen molar-refractivity contribution in [3.8, 4) is 0 Å². The van der Waals surface area contributed by atoms with Crippen molar-refractivity contribution in [2.24, 2.45) is 23.7 Å². The van der Waals surface area contributed by atoms with Gasteiger partial charge in [-0.15, -0.1) is 0 Å². The number of allylic oxidation sites excluding steroid dienone is 2. The summed E-state index contributed by atoms with van der Waals surface area (Å²) >= 11 is 0. The number of likely N-dealkylation sites (tertiary alicyclic amines) is 1. The number of benzene rings is 1. The van der Waals surface area contributed by atoms with Crippen LogP contribution in [0.2, 0.25) is 0 Å². The van der Waals surface area contributed by atoms with Crippen LogP contribution in [0.25, 0.3) is 11.6 Å². The summed E-state index contributed by atoms with van der Waals surface area (Å²) in [6.07, 6.45) is 3.80. The fourth-order valence-electron chi connectivity index (χ4n) is 6.58. The monoisotopic (exact) mass is 593 g/mol. The van der Waals surface area contributed by atoms with Gasteiger partial charge in [0.25, 0.3) is 0 Å². The Morgan fingerprint density at radius 2 is 1.77 bits per heavy atom. The van der Waals surface area contributed by atoms with E-state index in [1.54, 1.807) is 12.1 Å². The van der Waals surface area contributed by atoms with Crippen molar-refractivity contribution in [3.63, 3.8) is 0 Å². The zero-order valence-electron chi connectivity index (χ0n) is 24.9. The van der Waals surface area contributed by atoms with Gasteiger partial charge in [0.2, 0.25) is 11.8 Å². The summed E-state index contributed by atoms with van der Waals surface area (Å²) in [4.78, 5) is 39.1. The van der Waals surface area contributed by atoms with Gasteiger partial charge >= 0.3 is 5.97 Å². The van der Waals surface area contributed by atoms with Crippen molar-refractivity contribution in [2.75, 3.05) is 13.2 Å². The predicted octanol–water partition coefficient (Wildman–Crippen LogP) is 4.66. The highest BCUT2D eigenvalue weighted by atomic mass is 16.4. The largest absolute Gasteiger partial charge is 0.481 e. The van der Waals surface area contributed by atoms with Gasteiger partial charge < -0.3 is 24.8 Å². The standard InChI is InChI=1S/C34H43NO8/c1-21(2)26-18-27-32(34(42)35(33(27)41)16-8-4-7-11-30(39)40)28(20-37)31(26)29(38)15-12-23(22-9-5-3-6-10-22)17-24-13-14-25(19-36)43-24/h3,5-6,9-10,13-14,17,21,27-29,32,36-38H,4,7-8,11-12,15-16,18-20H2,1-2H3,(H,39,40)/b23-17-/t27-,28+,29-,32-/m1/s1. The third kappa shape index (κ3) is 7.52. The van der Waals surface area contributed by atoms with Crippen LogP contribution in [0.3, 0.4) is 0 Å². The van der Waals surface area contributed by atoms with Gasteiger partial charge in [0.1, 0.15) is 18.1 Å². The second-order valence-corrected chi connectivity index (χ2v) is 11.8. The van der Waals surface area contributed by atoms with Gasteiger partial charge in [-0.3, -0.25) is 19.3 Å². The molecule has 1 saturated heterocycles. The maximum atomic E-state index is 13.6. The molecule has 9 nitrogen and oxygen atoms in total. The van der Waals surface area contributed by atoms with Crippen LogP contribution in [0.1, 0.15) is 75.9 Å². The first-order valence-corrected chi connectivity index (χ1v) is 15.2. The van der Waals surface area contributed by atoms with E-state index in [-0.39, 0.29) is 43.9 Å². The first-order chi connectivity index (χ1) is 20.7. The average molecular weight is 594 g/mol. The molecule has 2 aromatic rings. The number of fused-ring (bicyclic) bond motifs is 1. The molecule has 1 fully saturated rings. The summed E-state index contributed by atoms with van der Waals surface area (Å²) in [5.74, 6) is -2.34. The SMILES string of the molecule is CC(C)C1=C([C@H](O)CC/C(=C/c2ccc(CO)o2)c2ccccc2)[C@H](CO)[C@@H]2C(=O)N(CCCCCC(=O)O)C(=O)[C@@H]2C1. The molecule has 4 N–H and O–H groups in total. The van der Waals surface area contributed by atoms with Gasteiger partial charge in [0, 0.05) is 18.9 Å². The summed E-state index contributed by atoms with van der Waals surface area (Å²) < 4.78 is 5.69. The number of aliphatic hydroxyl groups is 3. The van der Waals surface area contributed by atoms with Gasteiger partial charge in [-0.2, -0.15) is 0 Å². The number of hydrogen-bond donors (Lipinski definition) is 4. The summed E-state index contributed by atoms with van der Waals surface area (Å²) in [6, 6.07) is 13.3. The van der Waals surface area contributed by atoms with E-state index in [0.717, 1.165) is 16.7 Å². The normalized spacial score (nSPS) is 21.6. The highest BCUT2D eigenvalue weighted by Gasteiger charge is 2.54. The predicted molar refractivity (Wildman–Crippen MR) is 161 cm³/mol. The van der Waals surface area contributed by atoms with E-state index in [1.165, 1.54) is 4.90 Å². The number of nitrogens with zero attached hydrogens (tertiary/aromatic N) is 1. The molecular weight excluding hydrogens is 550 g/mol. The minimum absolute atomic E-state index is 0.0109. The summed E-state index contributed by atoms with van der Waals surface area (Å²) in [5.41, 5.74) is 3.48. The van der Waals surface area contributed by atoms with Crippen LogP contribution in [0, 0.1) is 23.7 Å². The molecular formula is C34H43NO8. The van der Waals surface area contributed by atoms with Crippen LogP contribution < -0.4 is 0 Å². The molecule has 9 heteroatoms. The molecule has 0 radical (unpaired) electrons. The average Bonchev–Trinajstić information content (AvgIpc) is 3.55. The second-order valence-electron chi connectivity index (χ2n) is 11.8. The Bertz CT molecular complexity index is 1340. The summed E-state index contributed by atoms with van der Waals surface area (Å²) in [7, 11) is 0. The number of furan rings is 1. The molecule has 4 atom stereocenters. The van der Waals surface area contributed by atoms with E-state index in [2.05, 4.69) is 0 Å². The van der Waals surface area contributed by atoms with Crippen LogP contribution in [-0.2, 0) is 21.0 Å². The molecule has 232 valence electrons. The van der Waals surface area contributed by atoms with Crippen molar-refractivity contribution in [1.29, 1.82) is 0 Å². The number of aliphatic carboxylic acids is 1. The third-order valence-corrected chi connectivity index (χ3v) is 8.72. The first kappa shape index (κ1) is 32.4. The number of carboxylic acid groups (broad SMARTS) is 1. The lowest BCUT2D eigenvalue weighted by Gasteiger charge is -2.38. The van der Waals surface area contributed by atoms with E-state index in [0.29, 0.717) is 55.6 Å². The minimum Gasteiger partial charge on any atom is -0.481 e. The van der Waals surface area contributed by atoms with Crippen LogP contribution in [0.15, 0.2) is 58.0 Å². The van der Waals surface area contributed by atoms with Crippen molar-refractivity contribution < 1.29 is 39.2 Å². The Morgan fingerprint density at radius 1 is 1.02 bits per heavy atom. The van der Waals surface area contributed by atoms with Crippen molar-refractivity contribution >= 4 is 29.4 Å². The smallest absolute Gasteiger partial charge is 0.303 e. The Labute approximate surface area is 252 Å². The van der Waals surface area contributed by atoms with E-state index in [1.807, 2.05) is 50.3 Å². The van der Waals surface area contributed by atoms with E-state index >= 15 is 0 Å². The van der Waals surface area contributed by atoms with Crippen LogP contribution in [-0.4, -0.2) is 62.4 Å². The molecule has 0 bridgehead atoms. The first-order valence-electron chi connectivity index (χ1n) is 15.2. The molecule has 4 rings (SSSR count). The molecule has 1 aromatic heterocycles. The van der Waals surface area contributed by atoms with Crippen LogP contribution in [0.5, 0.6) is 0 Å². The van der Waals surface area contributed by atoms with E-state index < -0.39 is 29.8 Å². The number of rotatable bonds is 15.